The molecule has 48 valence electrons. The van der Waals surface area contributed by atoms with Gasteiger partial charge in [0.2, 0.25) is 0 Å². The van der Waals surface area contributed by atoms with Gasteiger partial charge in [0, 0.05) is 5.92 Å². The molecule has 3 atom stereocenters. The third-order valence-electron chi connectivity index (χ3n) is 2.96. The van der Waals surface area contributed by atoms with E-state index in [4.69, 9.17) is 5.26 Å². The van der Waals surface area contributed by atoms with E-state index < -0.39 is 0 Å². The average Bonchev–Trinajstić information content (AvgIpc) is 2.14. The molecule has 9 heavy (non-hydrogen) atoms. The highest BCUT2D eigenvalue weighted by Gasteiger charge is 2.43. The fraction of sp³-hybridized carbons (Fsp3) is 0.875. The van der Waals surface area contributed by atoms with E-state index in [-0.39, 0.29) is 0 Å². The van der Waals surface area contributed by atoms with Crippen molar-refractivity contribution in [1.82, 2.24) is 0 Å². The number of nitrogens with zero attached hydrogens (tertiary/aromatic N) is 1. The number of nitriles is 1. The second kappa shape index (κ2) is 1.73. The molecule has 2 aliphatic carbocycles. The smallest absolute Gasteiger partial charge is 0.0658 e. The van der Waals surface area contributed by atoms with Crippen molar-refractivity contribution in [3.05, 3.63) is 0 Å². The highest BCUT2D eigenvalue weighted by atomic mass is 14.5. The molecule has 0 bridgehead atoms. The number of rotatable bonds is 0. The van der Waals surface area contributed by atoms with E-state index in [0.717, 1.165) is 11.8 Å². The fourth-order valence-electron chi connectivity index (χ4n) is 2.34. The van der Waals surface area contributed by atoms with Gasteiger partial charge in [-0.1, -0.05) is 12.8 Å². The normalized spacial score (nSPS) is 47.2. The molecule has 1 nitrogen and oxygen atoms in total. The maximum absolute atomic E-state index is 8.58. The topological polar surface area (TPSA) is 23.8 Å². The van der Waals surface area contributed by atoms with Gasteiger partial charge in [-0.25, -0.2) is 0 Å². The minimum atomic E-state index is 0.442. The molecule has 0 aromatic heterocycles. The van der Waals surface area contributed by atoms with Crippen molar-refractivity contribution in [3.8, 4) is 6.07 Å². The van der Waals surface area contributed by atoms with E-state index in [0.29, 0.717) is 5.92 Å². The van der Waals surface area contributed by atoms with Crippen LogP contribution in [0.4, 0.5) is 0 Å². The van der Waals surface area contributed by atoms with Gasteiger partial charge in [-0.3, -0.25) is 0 Å². The van der Waals surface area contributed by atoms with E-state index in [2.05, 4.69) is 6.07 Å². The summed E-state index contributed by atoms with van der Waals surface area (Å²) in [5.74, 6) is 2.21. The van der Waals surface area contributed by atoms with Crippen molar-refractivity contribution in [2.45, 2.75) is 25.7 Å². The van der Waals surface area contributed by atoms with Crippen LogP contribution in [0.3, 0.4) is 0 Å². The van der Waals surface area contributed by atoms with Gasteiger partial charge in [-0.2, -0.15) is 5.26 Å². The van der Waals surface area contributed by atoms with Gasteiger partial charge in [-0.15, -0.1) is 0 Å². The molecule has 2 aliphatic rings. The van der Waals surface area contributed by atoms with Gasteiger partial charge in [-0.05, 0) is 24.7 Å². The van der Waals surface area contributed by atoms with Gasteiger partial charge < -0.3 is 0 Å². The zero-order valence-electron chi connectivity index (χ0n) is 5.51. The lowest BCUT2D eigenvalue weighted by molar-refractivity contribution is 0.151. The SMILES string of the molecule is N#CC1CC2CCCC12. The Bertz CT molecular complexity index is 156. The molecule has 2 saturated carbocycles. The Balaban J connectivity index is 2.02. The average molecular weight is 121 g/mol. The second-order valence-electron chi connectivity index (χ2n) is 3.33. The highest BCUT2D eigenvalue weighted by Crippen LogP contribution is 2.50. The van der Waals surface area contributed by atoms with Gasteiger partial charge in [0.1, 0.15) is 0 Å². The van der Waals surface area contributed by atoms with Crippen LogP contribution >= 0.6 is 0 Å². The summed E-state index contributed by atoms with van der Waals surface area (Å²) in [6.45, 7) is 0. The lowest BCUT2D eigenvalue weighted by atomic mass is 9.67. The molecule has 0 N–H and O–H groups in total. The van der Waals surface area contributed by atoms with Crippen molar-refractivity contribution in [2.75, 3.05) is 0 Å². The minimum Gasteiger partial charge on any atom is -0.198 e. The summed E-state index contributed by atoms with van der Waals surface area (Å²) in [7, 11) is 0. The number of fused-ring (bicyclic) bond motifs is 1. The first-order chi connectivity index (χ1) is 4.42. The maximum Gasteiger partial charge on any atom is 0.0658 e. The molecule has 0 aliphatic heterocycles. The van der Waals surface area contributed by atoms with Crippen molar-refractivity contribution in [1.29, 1.82) is 5.26 Å². The van der Waals surface area contributed by atoms with Gasteiger partial charge >= 0.3 is 0 Å². The van der Waals surface area contributed by atoms with Crippen molar-refractivity contribution >= 4 is 0 Å². The van der Waals surface area contributed by atoms with Crippen molar-refractivity contribution in [3.63, 3.8) is 0 Å². The predicted octanol–water partition coefficient (Wildman–Crippen LogP) is 1.95. The predicted molar refractivity (Wildman–Crippen MR) is 34.6 cm³/mol. The van der Waals surface area contributed by atoms with Crippen LogP contribution < -0.4 is 0 Å². The Kier molecular flexibility index (Phi) is 1.02. The Morgan fingerprint density at radius 2 is 2.22 bits per heavy atom. The lowest BCUT2D eigenvalue weighted by Gasteiger charge is -2.35. The van der Waals surface area contributed by atoms with E-state index >= 15 is 0 Å². The van der Waals surface area contributed by atoms with Crippen molar-refractivity contribution in [2.24, 2.45) is 17.8 Å². The van der Waals surface area contributed by atoms with E-state index in [1.807, 2.05) is 0 Å². The molecule has 1 heteroatoms. The number of hydrogen-bond acceptors (Lipinski definition) is 1. The highest BCUT2D eigenvalue weighted by molar-refractivity contribution is 5.02. The van der Waals surface area contributed by atoms with Crippen LogP contribution in [0.2, 0.25) is 0 Å². The van der Waals surface area contributed by atoms with E-state index in [9.17, 15) is 0 Å². The van der Waals surface area contributed by atoms with E-state index in [1.54, 1.807) is 0 Å². The van der Waals surface area contributed by atoms with Crippen LogP contribution in [0.1, 0.15) is 25.7 Å². The van der Waals surface area contributed by atoms with Gasteiger partial charge in [0.05, 0.1) is 6.07 Å². The molecule has 2 rings (SSSR count). The van der Waals surface area contributed by atoms with Crippen molar-refractivity contribution < 1.29 is 0 Å². The summed E-state index contributed by atoms with van der Waals surface area (Å²) in [5, 5.41) is 8.58. The third-order valence-corrected chi connectivity index (χ3v) is 2.96. The molecule has 0 spiro atoms. The zero-order chi connectivity index (χ0) is 6.27. The standard InChI is InChI=1S/C8H11N/c9-5-7-4-6-2-1-3-8(6)7/h6-8H,1-4H2. The second-order valence-corrected chi connectivity index (χ2v) is 3.33. The van der Waals surface area contributed by atoms with Crippen LogP contribution in [0, 0.1) is 29.1 Å². The first-order valence-electron chi connectivity index (χ1n) is 3.81. The molecule has 2 fully saturated rings. The summed E-state index contributed by atoms with van der Waals surface area (Å²) >= 11 is 0. The summed E-state index contributed by atoms with van der Waals surface area (Å²) in [4.78, 5) is 0. The molecule has 0 saturated heterocycles. The van der Waals surface area contributed by atoms with E-state index in [1.165, 1.54) is 25.7 Å². The maximum atomic E-state index is 8.58. The Hall–Kier alpha value is -0.510. The summed E-state index contributed by atoms with van der Waals surface area (Å²) in [6, 6.07) is 2.37. The quantitative estimate of drug-likeness (QED) is 0.480. The zero-order valence-corrected chi connectivity index (χ0v) is 5.51. The molecular weight excluding hydrogens is 110 g/mol. The lowest BCUT2D eigenvalue weighted by Crippen LogP contribution is -2.30. The molecule has 0 aromatic carbocycles. The van der Waals surface area contributed by atoms with Crippen LogP contribution in [-0.2, 0) is 0 Å². The summed E-state index contributed by atoms with van der Waals surface area (Å²) < 4.78 is 0. The molecule has 0 aromatic rings. The first-order valence-corrected chi connectivity index (χ1v) is 3.81. The Morgan fingerprint density at radius 3 is 2.89 bits per heavy atom. The summed E-state index contributed by atoms with van der Waals surface area (Å²) in [6.07, 6.45) is 5.33. The van der Waals surface area contributed by atoms with Crippen LogP contribution in [0.15, 0.2) is 0 Å². The monoisotopic (exact) mass is 121 g/mol. The molecule has 0 radical (unpaired) electrons. The Labute approximate surface area is 55.7 Å². The fourth-order valence-corrected chi connectivity index (χ4v) is 2.34. The minimum absolute atomic E-state index is 0.442. The van der Waals surface area contributed by atoms with Crippen LogP contribution in [0.5, 0.6) is 0 Å². The van der Waals surface area contributed by atoms with Crippen LogP contribution in [0.25, 0.3) is 0 Å². The Morgan fingerprint density at radius 1 is 1.33 bits per heavy atom. The van der Waals surface area contributed by atoms with Gasteiger partial charge in [0.25, 0.3) is 0 Å². The van der Waals surface area contributed by atoms with Crippen LogP contribution in [-0.4, -0.2) is 0 Å². The molecule has 3 unspecified atom stereocenters. The molecule has 0 amide bonds. The third kappa shape index (κ3) is 0.594. The molecular formula is C8H11N. The summed E-state index contributed by atoms with van der Waals surface area (Å²) in [5.41, 5.74) is 0. The van der Waals surface area contributed by atoms with Gasteiger partial charge in [0.15, 0.2) is 0 Å². The first kappa shape index (κ1) is 5.29. The largest absolute Gasteiger partial charge is 0.198 e. The number of hydrogen-bond donors (Lipinski definition) is 0. The molecule has 0 heterocycles.